The van der Waals surface area contributed by atoms with Crippen molar-refractivity contribution in [3.8, 4) is 11.8 Å². The number of anilines is 1. The first kappa shape index (κ1) is 11.7. The molecule has 4 heteroatoms. The lowest BCUT2D eigenvalue weighted by atomic mass is 10.2. The molecule has 0 aliphatic carbocycles. The van der Waals surface area contributed by atoms with Gasteiger partial charge in [0.2, 0.25) is 0 Å². The van der Waals surface area contributed by atoms with Gasteiger partial charge in [0.25, 0.3) is 0 Å². The molecule has 1 unspecified atom stereocenters. The summed E-state index contributed by atoms with van der Waals surface area (Å²) in [5, 5.41) is 11.9. The highest BCUT2D eigenvalue weighted by molar-refractivity contribution is 5.47. The van der Waals surface area contributed by atoms with Crippen LogP contribution in [-0.4, -0.2) is 37.7 Å². The van der Waals surface area contributed by atoms with Gasteiger partial charge in [-0.15, -0.1) is 0 Å². The van der Waals surface area contributed by atoms with Gasteiger partial charge in [0, 0.05) is 18.3 Å². The lowest BCUT2D eigenvalue weighted by Gasteiger charge is -2.14. The maximum atomic E-state index is 8.40. The SMILES string of the molecule is CN1CCC(Nc2ccc(OCC#N)cc2)C1. The Morgan fingerprint density at radius 1 is 1.47 bits per heavy atom. The van der Waals surface area contributed by atoms with Crippen molar-refractivity contribution in [2.45, 2.75) is 12.5 Å². The van der Waals surface area contributed by atoms with Gasteiger partial charge in [0.1, 0.15) is 11.8 Å². The second-order valence-electron chi connectivity index (χ2n) is 4.36. The molecule has 0 radical (unpaired) electrons. The molecule has 1 aliphatic rings. The van der Waals surface area contributed by atoms with Gasteiger partial charge in [-0.25, -0.2) is 0 Å². The highest BCUT2D eigenvalue weighted by Crippen LogP contribution is 2.18. The van der Waals surface area contributed by atoms with Gasteiger partial charge in [-0.2, -0.15) is 5.26 Å². The molecule has 0 saturated carbocycles. The summed E-state index contributed by atoms with van der Waals surface area (Å²) in [7, 11) is 2.14. The fraction of sp³-hybridized carbons (Fsp3) is 0.462. The fourth-order valence-electron chi connectivity index (χ4n) is 2.05. The Morgan fingerprint density at radius 2 is 2.24 bits per heavy atom. The fourth-order valence-corrected chi connectivity index (χ4v) is 2.05. The van der Waals surface area contributed by atoms with Crippen molar-refractivity contribution in [3.63, 3.8) is 0 Å². The van der Waals surface area contributed by atoms with Crippen molar-refractivity contribution < 1.29 is 4.74 Å². The van der Waals surface area contributed by atoms with Crippen molar-refractivity contribution in [3.05, 3.63) is 24.3 Å². The molecule has 90 valence electrons. The second-order valence-corrected chi connectivity index (χ2v) is 4.36. The lowest BCUT2D eigenvalue weighted by Crippen LogP contribution is -2.23. The molecule has 0 aromatic heterocycles. The molecule has 1 fully saturated rings. The third-order valence-electron chi connectivity index (χ3n) is 2.92. The van der Waals surface area contributed by atoms with E-state index in [1.807, 2.05) is 30.3 Å². The molecule has 1 aromatic rings. The first-order valence-corrected chi connectivity index (χ1v) is 5.83. The van der Waals surface area contributed by atoms with E-state index in [4.69, 9.17) is 10.00 Å². The summed E-state index contributed by atoms with van der Waals surface area (Å²) in [6.07, 6.45) is 1.18. The average molecular weight is 231 g/mol. The van der Waals surface area contributed by atoms with E-state index in [1.54, 1.807) is 0 Å². The predicted octanol–water partition coefficient (Wildman–Crippen LogP) is 1.70. The summed E-state index contributed by atoms with van der Waals surface area (Å²) in [5.74, 6) is 0.737. The minimum atomic E-state index is 0.0974. The molecule has 4 nitrogen and oxygen atoms in total. The van der Waals surface area contributed by atoms with E-state index in [0.29, 0.717) is 6.04 Å². The maximum Gasteiger partial charge on any atom is 0.174 e. The quantitative estimate of drug-likeness (QED) is 0.857. The van der Waals surface area contributed by atoms with Gasteiger partial charge < -0.3 is 15.0 Å². The first-order chi connectivity index (χ1) is 8.28. The van der Waals surface area contributed by atoms with Gasteiger partial charge in [-0.1, -0.05) is 0 Å². The third-order valence-corrected chi connectivity index (χ3v) is 2.92. The van der Waals surface area contributed by atoms with Gasteiger partial charge in [-0.05, 0) is 44.3 Å². The maximum absolute atomic E-state index is 8.40. The van der Waals surface area contributed by atoms with Crippen molar-refractivity contribution in [2.75, 3.05) is 32.1 Å². The van der Waals surface area contributed by atoms with Crippen molar-refractivity contribution in [1.82, 2.24) is 4.90 Å². The molecule has 0 amide bonds. The Kier molecular flexibility index (Phi) is 3.84. The number of nitrogens with one attached hydrogen (secondary N) is 1. The Morgan fingerprint density at radius 3 is 2.82 bits per heavy atom. The molecular formula is C13H17N3O. The number of likely N-dealkylation sites (N-methyl/N-ethyl adjacent to an activating group) is 1. The molecule has 1 saturated heterocycles. The third kappa shape index (κ3) is 3.36. The number of rotatable bonds is 4. The minimum Gasteiger partial charge on any atom is -0.479 e. The van der Waals surface area contributed by atoms with Crippen molar-refractivity contribution >= 4 is 5.69 Å². The van der Waals surface area contributed by atoms with Crippen LogP contribution in [0.5, 0.6) is 5.75 Å². The van der Waals surface area contributed by atoms with Crippen LogP contribution < -0.4 is 10.1 Å². The van der Waals surface area contributed by atoms with Gasteiger partial charge in [0.05, 0.1) is 0 Å². The van der Waals surface area contributed by atoms with Gasteiger partial charge in [0.15, 0.2) is 6.61 Å². The van der Waals surface area contributed by atoms with E-state index in [1.165, 1.54) is 6.42 Å². The summed E-state index contributed by atoms with van der Waals surface area (Å²) in [5.41, 5.74) is 1.11. The Labute approximate surface area is 102 Å². The van der Waals surface area contributed by atoms with Crippen LogP contribution in [0.15, 0.2) is 24.3 Å². The van der Waals surface area contributed by atoms with E-state index >= 15 is 0 Å². The number of ether oxygens (including phenoxy) is 1. The number of hydrogen-bond acceptors (Lipinski definition) is 4. The Hall–Kier alpha value is -1.73. The van der Waals surface area contributed by atoms with E-state index < -0.39 is 0 Å². The Balaban J connectivity index is 1.87. The van der Waals surface area contributed by atoms with Crippen molar-refractivity contribution in [1.29, 1.82) is 5.26 Å². The molecule has 2 rings (SSSR count). The second kappa shape index (κ2) is 5.55. The molecule has 1 aliphatic heterocycles. The summed E-state index contributed by atoms with van der Waals surface area (Å²) in [6.45, 7) is 2.34. The van der Waals surface area contributed by atoms with E-state index in [0.717, 1.165) is 24.5 Å². The van der Waals surface area contributed by atoms with Crippen LogP contribution in [0.4, 0.5) is 5.69 Å². The van der Waals surface area contributed by atoms with Crippen LogP contribution in [-0.2, 0) is 0 Å². The zero-order valence-corrected chi connectivity index (χ0v) is 10.0. The highest BCUT2D eigenvalue weighted by Gasteiger charge is 2.18. The predicted molar refractivity (Wildman–Crippen MR) is 67.1 cm³/mol. The lowest BCUT2D eigenvalue weighted by molar-refractivity contribution is 0.368. The summed E-state index contributed by atoms with van der Waals surface area (Å²) < 4.78 is 5.20. The van der Waals surface area contributed by atoms with Crippen LogP contribution >= 0.6 is 0 Å². The first-order valence-electron chi connectivity index (χ1n) is 5.83. The molecule has 1 N–H and O–H groups in total. The average Bonchev–Trinajstić information content (AvgIpc) is 2.74. The molecular weight excluding hydrogens is 214 g/mol. The van der Waals surface area contributed by atoms with Gasteiger partial charge >= 0.3 is 0 Å². The monoisotopic (exact) mass is 231 g/mol. The van der Waals surface area contributed by atoms with Crippen LogP contribution in [0.2, 0.25) is 0 Å². The standard InChI is InChI=1S/C13H17N3O/c1-16-8-6-12(10-16)15-11-2-4-13(5-3-11)17-9-7-14/h2-5,12,15H,6,8-10H2,1H3. The summed E-state index contributed by atoms with van der Waals surface area (Å²) in [6, 6.07) is 10.2. The Bertz CT molecular complexity index is 396. The molecule has 1 atom stereocenters. The van der Waals surface area contributed by atoms with E-state index in [-0.39, 0.29) is 6.61 Å². The number of benzene rings is 1. The zero-order valence-electron chi connectivity index (χ0n) is 10.0. The molecule has 0 spiro atoms. The van der Waals surface area contributed by atoms with Crippen LogP contribution in [0, 0.1) is 11.3 Å². The zero-order chi connectivity index (χ0) is 12.1. The van der Waals surface area contributed by atoms with E-state index in [2.05, 4.69) is 17.3 Å². The van der Waals surface area contributed by atoms with Crippen LogP contribution in [0.3, 0.4) is 0 Å². The van der Waals surface area contributed by atoms with E-state index in [9.17, 15) is 0 Å². The van der Waals surface area contributed by atoms with Crippen LogP contribution in [0.1, 0.15) is 6.42 Å². The van der Waals surface area contributed by atoms with Crippen molar-refractivity contribution in [2.24, 2.45) is 0 Å². The smallest absolute Gasteiger partial charge is 0.174 e. The normalized spacial score (nSPS) is 19.9. The minimum absolute atomic E-state index is 0.0974. The van der Waals surface area contributed by atoms with Gasteiger partial charge in [-0.3, -0.25) is 0 Å². The summed E-state index contributed by atoms with van der Waals surface area (Å²) in [4.78, 5) is 2.32. The van der Waals surface area contributed by atoms with Crippen LogP contribution in [0.25, 0.3) is 0 Å². The number of hydrogen-bond donors (Lipinski definition) is 1. The molecule has 1 heterocycles. The number of likely N-dealkylation sites (tertiary alicyclic amines) is 1. The highest BCUT2D eigenvalue weighted by atomic mass is 16.5. The number of nitrogens with zero attached hydrogens (tertiary/aromatic N) is 2. The molecule has 17 heavy (non-hydrogen) atoms. The summed E-state index contributed by atoms with van der Waals surface area (Å²) >= 11 is 0. The molecule has 0 bridgehead atoms. The largest absolute Gasteiger partial charge is 0.479 e. The number of nitriles is 1. The molecule has 1 aromatic carbocycles. The topological polar surface area (TPSA) is 48.3 Å².